The van der Waals surface area contributed by atoms with Gasteiger partial charge in [0.05, 0.1) is 5.69 Å². The van der Waals surface area contributed by atoms with E-state index in [-0.39, 0.29) is 12.4 Å². The van der Waals surface area contributed by atoms with Crippen molar-refractivity contribution < 1.29 is 17.9 Å². The molecular formula is C13H15F3N4O. The summed E-state index contributed by atoms with van der Waals surface area (Å²) in [7, 11) is 1.72. The van der Waals surface area contributed by atoms with Crippen LogP contribution in [0.1, 0.15) is 22.6 Å². The monoisotopic (exact) mass is 300 g/mol. The maximum atomic E-state index is 12.7. The summed E-state index contributed by atoms with van der Waals surface area (Å²) < 4.78 is 45.3. The van der Waals surface area contributed by atoms with Gasteiger partial charge < -0.3 is 10.5 Å². The van der Waals surface area contributed by atoms with Crippen LogP contribution in [0.5, 0.6) is 11.6 Å². The molecule has 0 unspecified atom stereocenters. The molecule has 0 atom stereocenters. The number of halogens is 3. The zero-order valence-electron chi connectivity index (χ0n) is 11.8. The first kappa shape index (κ1) is 15.3. The Balaban J connectivity index is 2.47. The second-order valence-corrected chi connectivity index (χ2v) is 4.59. The molecule has 0 aliphatic carbocycles. The predicted molar refractivity (Wildman–Crippen MR) is 69.9 cm³/mol. The highest BCUT2D eigenvalue weighted by Crippen LogP contribution is 2.33. The van der Waals surface area contributed by atoms with Crippen molar-refractivity contribution in [2.45, 2.75) is 26.6 Å². The molecule has 0 fully saturated rings. The lowest BCUT2D eigenvalue weighted by molar-refractivity contribution is -0.141. The largest absolute Gasteiger partial charge is 0.435 e. The normalized spacial score (nSPS) is 11.8. The lowest BCUT2D eigenvalue weighted by Crippen LogP contribution is -2.11. The molecule has 0 aromatic carbocycles. The highest BCUT2D eigenvalue weighted by atomic mass is 19.4. The van der Waals surface area contributed by atoms with Crippen molar-refractivity contribution in [1.29, 1.82) is 0 Å². The molecule has 2 aromatic heterocycles. The highest BCUT2D eigenvalue weighted by Gasteiger charge is 2.33. The number of hydrogen-bond acceptors (Lipinski definition) is 4. The Hall–Kier alpha value is -2.09. The maximum absolute atomic E-state index is 12.7. The Bertz CT molecular complexity index is 664. The summed E-state index contributed by atoms with van der Waals surface area (Å²) in [5.41, 5.74) is 6.15. The minimum Gasteiger partial charge on any atom is -0.435 e. The molecule has 0 spiro atoms. The minimum absolute atomic E-state index is 0.0266. The van der Waals surface area contributed by atoms with Crippen LogP contribution in [-0.2, 0) is 19.8 Å². The number of aromatic nitrogens is 3. The Morgan fingerprint density at radius 3 is 2.43 bits per heavy atom. The summed E-state index contributed by atoms with van der Waals surface area (Å²) in [4.78, 5) is 3.54. The molecule has 8 heteroatoms. The van der Waals surface area contributed by atoms with Crippen molar-refractivity contribution in [2.75, 3.05) is 0 Å². The number of pyridine rings is 1. The van der Waals surface area contributed by atoms with Crippen LogP contribution in [-0.4, -0.2) is 14.8 Å². The minimum atomic E-state index is -4.54. The van der Waals surface area contributed by atoms with Gasteiger partial charge in [-0.05, 0) is 19.9 Å². The van der Waals surface area contributed by atoms with Crippen molar-refractivity contribution in [2.24, 2.45) is 12.8 Å². The predicted octanol–water partition coefficient (Wildman–Crippen LogP) is 2.70. The molecule has 0 amide bonds. The van der Waals surface area contributed by atoms with Crippen LogP contribution in [0.15, 0.2) is 12.1 Å². The molecule has 114 valence electrons. The molecule has 2 aromatic rings. The molecule has 5 nitrogen and oxygen atoms in total. The fourth-order valence-corrected chi connectivity index (χ4v) is 1.87. The molecule has 2 rings (SSSR count). The Kier molecular flexibility index (Phi) is 3.91. The van der Waals surface area contributed by atoms with E-state index in [1.54, 1.807) is 25.6 Å². The molecule has 2 heterocycles. The molecule has 0 saturated carbocycles. The maximum Gasteiger partial charge on any atom is 0.433 e. The fourth-order valence-electron chi connectivity index (χ4n) is 1.87. The van der Waals surface area contributed by atoms with Crippen LogP contribution < -0.4 is 10.5 Å². The number of rotatable bonds is 3. The zero-order chi connectivity index (χ0) is 15.8. The van der Waals surface area contributed by atoms with Gasteiger partial charge in [0.25, 0.3) is 0 Å². The third-order valence-corrected chi connectivity index (χ3v) is 3.09. The van der Waals surface area contributed by atoms with Gasteiger partial charge >= 0.3 is 6.18 Å². The number of nitrogens with two attached hydrogens (primary N) is 1. The molecule has 0 aliphatic rings. The van der Waals surface area contributed by atoms with Crippen LogP contribution in [0.4, 0.5) is 13.2 Å². The van der Waals surface area contributed by atoms with Crippen molar-refractivity contribution in [1.82, 2.24) is 14.8 Å². The van der Waals surface area contributed by atoms with E-state index in [4.69, 9.17) is 10.5 Å². The molecule has 0 saturated heterocycles. The number of hydrogen-bond donors (Lipinski definition) is 1. The summed E-state index contributed by atoms with van der Waals surface area (Å²) in [6.45, 7) is 3.49. The lowest BCUT2D eigenvalue weighted by atomic mass is 10.2. The van der Waals surface area contributed by atoms with E-state index in [1.165, 1.54) is 6.07 Å². The van der Waals surface area contributed by atoms with Crippen molar-refractivity contribution >= 4 is 0 Å². The van der Waals surface area contributed by atoms with Gasteiger partial charge in [0, 0.05) is 19.2 Å². The number of nitrogens with zero attached hydrogens (tertiary/aromatic N) is 3. The third kappa shape index (κ3) is 2.99. The van der Waals surface area contributed by atoms with E-state index in [0.717, 1.165) is 6.07 Å². The first-order valence-electron chi connectivity index (χ1n) is 6.19. The topological polar surface area (TPSA) is 66.0 Å². The van der Waals surface area contributed by atoms with Gasteiger partial charge in [-0.15, -0.1) is 0 Å². The quantitative estimate of drug-likeness (QED) is 0.946. The van der Waals surface area contributed by atoms with E-state index in [9.17, 15) is 13.2 Å². The number of aryl methyl sites for hydroxylation is 2. The van der Waals surface area contributed by atoms with Crippen LogP contribution in [0.25, 0.3) is 0 Å². The summed E-state index contributed by atoms with van der Waals surface area (Å²) in [6, 6.07) is 2.16. The molecule has 0 radical (unpaired) electrons. The van der Waals surface area contributed by atoms with Crippen molar-refractivity contribution in [3.63, 3.8) is 0 Å². The van der Waals surface area contributed by atoms with Gasteiger partial charge in [-0.25, -0.2) is 4.98 Å². The van der Waals surface area contributed by atoms with Gasteiger partial charge in [-0.3, -0.25) is 4.68 Å². The fraction of sp³-hybridized carbons (Fsp3) is 0.385. The molecule has 0 aliphatic heterocycles. The molecule has 0 bridgehead atoms. The SMILES string of the molecule is Cc1nn(C)c(C)c1Oc1nc(C(F)(F)F)ccc1CN. The standard InChI is InChI=1S/C13H15F3N4O/c1-7-11(8(2)20(3)19-7)21-12-9(6-17)4-5-10(18-12)13(14,15)16/h4-5H,6,17H2,1-3H3. The van der Waals surface area contributed by atoms with E-state index in [1.807, 2.05) is 0 Å². The average Bonchev–Trinajstić information content (AvgIpc) is 2.64. The summed E-state index contributed by atoms with van der Waals surface area (Å²) in [5.74, 6) is 0.241. The summed E-state index contributed by atoms with van der Waals surface area (Å²) >= 11 is 0. The van der Waals surface area contributed by atoms with Crippen LogP contribution in [0, 0.1) is 13.8 Å². The van der Waals surface area contributed by atoms with Crippen molar-refractivity contribution in [3.8, 4) is 11.6 Å². The van der Waals surface area contributed by atoms with Gasteiger partial charge in [0.1, 0.15) is 11.4 Å². The average molecular weight is 300 g/mol. The van der Waals surface area contributed by atoms with E-state index in [0.29, 0.717) is 22.7 Å². The van der Waals surface area contributed by atoms with Gasteiger partial charge in [-0.1, -0.05) is 6.07 Å². The highest BCUT2D eigenvalue weighted by molar-refractivity contribution is 5.38. The second kappa shape index (κ2) is 5.36. The third-order valence-electron chi connectivity index (χ3n) is 3.09. The molecular weight excluding hydrogens is 285 g/mol. The van der Waals surface area contributed by atoms with Gasteiger partial charge in [0.2, 0.25) is 5.88 Å². The molecule has 2 N–H and O–H groups in total. The zero-order valence-corrected chi connectivity index (χ0v) is 11.8. The number of alkyl halides is 3. The Morgan fingerprint density at radius 2 is 1.95 bits per heavy atom. The first-order chi connectivity index (χ1) is 9.74. The van der Waals surface area contributed by atoms with E-state index < -0.39 is 11.9 Å². The van der Waals surface area contributed by atoms with Gasteiger partial charge in [-0.2, -0.15) is 18.3 Å². The van der Waals surface area contributed by atoms with Crippen LogP contribution in [0.2, 0.25) is 0 Å². The molecule has 21 heavy (non-hydrogen) atoms. The van der Waals surface area contributed by atoms with Crippen LogP contribution >= 0.6 is 0 Å². The first-order valence-corrected chi connectivity index (χ1v) is 6.19. The van der Waals surface area contributed by atoms with E-state index >= 15 is 0 Å². The van der Waals surface area contributed by atoms with E-state index in [2.05, 4.69) is 10.1 Å². The second-order valence-electron chi connectivity index (χ2n) is 4.59. The Labute approximate surface area is 119 Å². The number of ether oxygens (including phenoxy) is 1. The lowest BCUT2D eigenvalue weighted by Gasteiger charge is -2.12. The summed E-state index contributed by atoms with van der Waals surface area (Å²) in [6.07, 6.45) is -4.54. The summed E-state index contributed by atoms with van der Waals surface area (Å²) in [5, 5.41) is 4.14. The van der Waals surface area contributed by atoms with Crippen molar-refractivity contribution in [3.05, 3.63) is 34.8 Å². The Morgan fingerprint density at radius 1 is 1.29 bits per heavy atom. The van der Waals surface area contributed by atoms with Gasteiger partial charge in [0.15, 0.2) is 5.75 Å². The smallest absolute Gasteiger partial charge is 0.433 e. The van der Waals surface area contributed by atoms with Crippen LogP contribution in [0.3, 0.4) is 0 Å².